The highest BCUT2D eigenvalue weighted by atomic mass is 14.2. The van der Waals surface area contributed by atoms with Crippen LogP contribution in [0.4, 0.5) is 0 Å². The number of rotatable bonds is 3. The average Bonchev–Trinajstić information content (AvgIpc) is 3.03. The average molecular weight is 509 g/mol. The summed E-state index contributed by atoms with van der Waals surface area (Å²) in [6.45, 7) is 0. The van der Waals surface area contributed by atoms with E-state index in [1.807, 2.05) is 0 Å². The van der Waals surface area contributed by atoms with Gasteiger partial charge in [-0.2, -0.15) is 0 Å². The fraction of sp³-hybridized carbons (Fsp3) is 0.0500. The van der Waals surface area contributed by atoms with Crippen molar-refractivity contribution >= 4 is 44.0 Å². The Labute approximate surface area is 234 Å². The largest absolute Gasteiger partial charge is 0.0763 e. The summed E-state index contributed by atoms with van der Waals surface area (Å²) in [6, 6.07) is 51.4. The monoisotopic (exact) mass is 508 g/mol. The molecule has 188 valence electrons. The molecule has 1 aliphatic carbocycles. The summed E-state index contributed by atoms with van der Waals surface area (Å²) >= 11 is 0. The number of hydrogen-bond acceptors (Lipinski definition) is 0. The minimum absolute atomic E-state index is 1.05. The Morgan fingerprint density at radius 3 is 1.95 bits per heavy atom. The summed E-state index contributed by atoms with van der Waals surface area (Å²) in [5.74, 6) is 0. The second-order valence-electron chi connectivity index (χ2n) is 10.8. The van der Waals surface area contributed by atoms with Crippen molar-refractivity contribution in [2.24, 2.45) is 0 Å². The first kappa shape index (κ1) is 23.0. The quantitative estimate of drug-likeness (QED) is 0.209. The molecule has 0 amide bonds. The predicted molar refractivity (Wildman–Crippen MR) is 172 cm³/mol. The molecule has 0 aromatic heterocycles. The van der Waals surface area contributed by atoms with E-state index in [0.717, 1.165) is 12.8 Å². The SMILES string of the molecule is C1=c2ccccc2=C(c2c3ccccc3c(-c3ccc4ccccc4c3)c3cc(-c4ccccc4)ccc23)CC1. The first-order valence-electron chi connectivity index (χ1n) is 14.2. The molecule has 1 aliphatic rings. The van der Waals surface area contributed by atoms with Crippen molar-refractivity contribution in [3.63, 3.8) is 0 Å². The third-order valence-electron chi connectivity index (χ3n) is 8.52. The number of fused-ring (bicyclic) bond motifs is 4. The maximum absolute atomic E-state index is 2.42. The highest BCUT2D eigenvalue weighted by Crippen LogP contribution is 2.44. The minimum Gasteiger partial charge on any atom is -0.0763 e. The van der Waals surface area contributed by atoms with E-state index in [9.17, 15) is 0 Å². The molecule has 0 saturated heterocycles. The van der Waals surface area contributed by atoms with Crippen LogP contribution < -0.4 is 10.4 Å². The predicted octanol–water partition coefficient (Wildman–Crippen LogP) is 9.25. The molecular weight excluding hydrogens is 480 g/mol. The van der Waals surface area contributed by atoms with Crippen LogP contribution in [0.5, 0.6) is 0 Å². The topological polar surface area (TPSA) is 0 Å². The minimum atomic E-state index is 1.05. The third-order valence-corrected chi connectivity index (χ3v) is 8.52. The van der Waals surface area contributed by atoms with E-state index < -0.39 is 0 Å². The van der Waals surface area contributed by atoms with Gasteiger partial charge in [0, 0.05) is 0 Å². The van der Waals surface area contributed by atoms with Crippen molar-refractivity contribution in [2.75, 3.05) is 0 Å². The van der Waals surface area contributed by atoms with Crippen LogP contribution in [-0.2, 0) is 0 Å². The van der Waals surface area contributed by atoms with Gasteiger partial charge in [0.2, 0.25) is 0 Å². The number of hydrogen-bond donors (Lipinski definition) is 0. The molecule has 0 radical (unpaired) electrons. The molecule has 8 rings (SSSR count). The molecule has 7 aromatic rings. The van der Waals surface area contributed by atoms with Crippen molar-refractivity contribution < 1.29 is 0 Å². The van der Waals surface area contributed by atoms with Gasteiger partial charge in [0.25, 0.3) is 0 Å². The summed E-state index contributed by atoms with van der Waals surface area (Å²) in [6.07, 6.45) is 4.50. The maximum Gasteiger partial charge on any atom is -0.00259 e. The standard InChI is InChI=1S/C40H28/c1-2-11-27(12-3-1)31-23-24-37-38(26-31)39(32-22-21-28-13-4-5-15-30(28)25-32)35-18-8-9-19-36(35)40(37)34-20-10-16-29-14-6-7-17-33(29)34/h1-9,11-19,21-26H,10,20H2. The molecule has 0 spiro atoms. The van der Waals surface area contributed by atoms with Crippen LogP contribution in [0, 0.1) is 0 Å². The lowest BCUT2D eigenvalue weighted by Gasteiger charge is -2.21. The van der Waals surface area contributed by atoms with Gasteiger partial charge in [-0.05, 0) is 101 Å². The van der Waals surface area contributed by atoms with E-state index in [1.54, 1.807) is 0 Å². The summed E-state index contributed by atoms with van der Waals surface area (Å²) in [7, 11) is 0. The lowest BCUT2D eigenvalue weighted by Crippen LogP contribution is -2.29. The number of benzene rings is 7. The van der Waals surface area contributed by atoms with Crippen LogP contribution in [0.3, 0.4) is 0 Å². The fourth-order valence-corrected chi connectivity index (χ4v) is 6.69. The van der Waals surface area contributed by atoms with Crippen molar-refractivity contribution in [3.8, 4) is 22.3 Å². The van der Waals surface area contributed by atoms with Crippen molar-refractivity contribution in [3.05, 3.63) is 156 Å². The molecular formula is C40H28. The van der Waals surface area contributed by atoms with Gasteiger partial charge in [0.15, 0.2) is 0 Å². The summed E-state index contributed by atoms with van der Waals surface area (Å²) in [5.41, 5.74) is 7.91. The van der Waals surface area contributed by atoms with Crippen molar-refractivity contribution in [1.29, 1.82) is 0 Å². The smallest absolute Gasteiger partial charge is 0.00259 e. The van der Waals surface area contributed by atoms with Crippen LogP contribution in [0.25, 0.3) is 66.2 Å². The van der Waals surface area contributed by atoms with Crippen LogP contribution in [-0.4, -0.2) is 0 Å². The van der Waals surface area contributed by atoms with Gasteiger partial charge in [-0.3, -0.25) is 0 Å². The van der Waals surface area contributed by atoms with Gasteiger partial charge in [-0.25, -0.2) is 0 Å². The second-order valence-corrected chi connectivity index (χ2v) is 10.8. The molecule has 0 nitrogen and oxygen atoms in total. The van der Waals surface area contributed by atoms with Crippen LogP contribution >= 0.6 is 0 Å². The second kappa shape index (κ2) is 9.36. The first-order valence-corrected chi connectivity index (χ1v) is 14.2. The molecule has 0 heteroatoms. The lowest BCUT2D eigenvalue weighted by molar-refractivity contribution is 1.08. The Morgan fingerprint density at radius 2 is 1.07 bits per heavy atom. The Morgan fingerprint density at radius 1 is 0.400 bits per heavy atom. The summed E-state index contributed by atoms with van der Waals surface area (Å²) in [5, 5.41) is 10.5. The zero-order valence-corrected chi connectivity index (χ0v) is 22.3. The van der Waals surface area contributed by atoms with E-state index in [4.69, 9.17) is 0 Å². The molecule has 0 bridgehead atoms. The normalized spacial score (nSPS) is 12.9. The first-order chi connectivity index (χ1) is 19.8. The van der Waals surface area contributed by atoms with Gasteiger partial charge in [0.1, 0.15) is 0 Å². The van der Waals surface area contributed by atoms with E-state index in [1.165, 1.54) is 76.1 Å². The van der Waals surface area contributed by atoms with Crippen LogP contribution in [0.1, 0.15) is 18.4 Å². The van der Waals surface area contributed by atoms with Crippen LogP contribution in [0.15, 0.2) is 140 Å². The van der Waals surface area contributed by atoms with Crippen molar-refractivity contribution in [2.45, 2.75) is 12.8 Å². The molecule has 0 fully saturated rings. The lowest BCUT2D eigenvalue weighted by atomic mass is 9.82. The molecule has 0 aliphatic heterocycles. The highest BCUT2D eigenvalue weighted by Gasteiger charge is 2.20. The van der Waals surface area contributed by atoms with Gasteiger partial charge < -0.3 is 0 Å². The van der Waals surface area contributed by atoms with Gasteiger partial charge in [-0.15, -0.1) is 0 Å². The Hall–Kier alpha value is -4.94. The zero-order valence-electron chi connectivity index (χ0n) is 22.3. The molecule has 0 atom stereocenters. The van der Waals surface area contributed by atoms with E-state index in [0.29, 0.717) is 0 Å². The van der Waals surface area contributed by atoms with E-state index >= 15 is 0 Å². The molecule has 0 saturated carbocycles. The zero-order chi connectivity index (χ0) is 26.5. The fourth-order valence-electron chi connectivity index (χ4n) is 6.69. The summed E-state index contributed by atoms with van der Waals surface area (Å²) < 4.78 is 0. The highest BCUT2D eigenvalue weighted by molar-refractivity contribution is 6.19. The van der Waals surface area contributed by atoms with E-state index in [2.05, 4.69) is 146 Å². The van der Waals surface area contributed by atoms with Crippen molar-refractivity contribution in [1.82, 2.24) is 0 Å². The van der Waals surface area contributed by atoms with E-state index in [-0.39, 0.29) is 0 Å². The van der Waals surface area contributed by atoms with Gasteiger partial charge in [-0.1, -0.05) is 133 Å². The third kappa shape index (κ3) is 3.68. The van der Waals surface area contributed by atoms with Crippen LogP contribution in [0.2, 0.25) is 0 Å². The maximum atomic E-state index is 2.42. The van der Waals surface area contributed by atoms with Gasteiger partial charge >= 0.3 is 0 Å². The molecule has 0 heterocycles. The van der Waals surface area contributed by atoms with Gasteiger partial charge in [0.05, 0.1) is 0 Å². The molecule has 7 aromatic carbocycles. The Bertz CT molecular complexity index is 2200. The molecule has 40 heavy (non-hydrogen) atoms. The Kier molecular flexibility index (Phi) is 5.38. The molecule has 0 N–H and O–H groups in total. The Balaban J connectivity index is 1.55. The summed E-state index contributed by atoms with van der Waals surface area (Å²) in [4.78, 5) is 0. The molecule has 0 unspecified atom stereocenters.